The van der Waals surface area contributed by atoms with Crippen LogP contribution in [0.4, 0.5) is 5.82 Å². The number of anilines is 1. The predicted molar refractivity (Wildman–Crippen MR) is 76.5 cm³/mol. The van der Waals surface area contributed by atoms with Crippen molar-refractivity contribution in [3.8, 4) is 0 Å². The molecule has 1 aliphatic heterocycles. The molecular formula is C14H21N5O. The highest BCUT2D eigenvalue weighted by atomic mass is 16.2. The number of nitrogens with two attached hydrogens (primary N) is 1. The fourth-order valence-electron chi connectivity index (χ4n) is 2.67. The van der Waals surface area contributed by atoms with Crippen molar-refractivity contribution in [2.75, 3.05) is 24.5 Å². The minimum atomic E-state index is -0.173. The standard InChI is InChI=1S/C14H21N5O/c15-9-12(10-3-4-10)16-14(20)11-5-6-13(18-17-11)19-7-1-2-8-19/h5-6,10,12H,1-4,7-9,15H2,(H,16,20). The average Bonchev–Trinajstić information content (AvgIpc) is 3.18. The van der Waals surface area contributed by atoms with Crippen LogP contribution in [0.25, 0.3) is 0 Å². The molecule has 3 rings (SSSR count). The van der Waals surface area contributed by atoms with Gasteiger partial charge in [-0.3, -0.25) is 4.79 Å². The topological polar surface area (TPSA) is 84.1 Å². The van der Waals surface area contributed by atoms with Crippen molar-refractivity contribution in [2.24, 2.45) is 11.7 Å². The summed E-state index contributed by atoms with van der Waals surface area (Å²) >= 11 is 0. The molecule has 1 amide bonds. The maximum absolute atomic E-state index is 12.1. The third-order valence-electron chi connectivity index (χ3n) is 4.07. The van der Waals surface area contributed by atoms with Crippen molar-refractivity contribution >= 4 is 11.7 Å². The second kappa shape index (κ2) is 5.75. The summed E-state index contributed by atoms with van der Waals surface area (Å²) in [5, 5.41) is 11.2. The van der Waals surface area contributed by atoms with Crippen molar-refractivity contribution in [1.82, 2.24) is 15.5 Å². The molecule has 1 aliphatic carbocycles. The summed E-state index contributed by atoms with van der Waals surface area (Å²) in [5.41, 5.74) is 6.06. The molecule has 1 atom stereocenters. The summed E-state index contributed by atoms with van der Waals surface area (Å²) in [5.74, 6) is 1.23. The van der Waals surface area contributed by atoms with Crippen LogP contribution < -0.4 is 16.0 Å². The van der Waals surface area contributed by atoms with E-state index < -0.39 is 0 Å². The van der Waals surface area contributed by atoms with Crippen LogP contribution in [0.1, 0.15) is 36.2 Å². The third kappa shape index (κ3) is 2.90. The van der Waals surface area contributed by atoms with E-state index in [9.17, 15) is 4.79 Å². The Morgan fingerprint density at radius 2 is 2.10 bits per heavy atom. The summed E-state index contributed by atoms with van der Waals surface area (Å²) in [7, 11) is 0. The molecule has 2 fully saturated rings. The van der Waals surface area contributed by atoms with Gasteiger partial charge >= 0.3 is 0 Å². The van der Waals surface area contributed by atoms with Gasteiger partial charge in [0.05, 0.1) is 0 Å². The van der Waals surface area contributed by atoms with E-state index in [4.69, 9.17) is 5.73 Å². The molecule has 0 aromatic carbocycles. The number of aromatic nitrogens is 2. The Bertz CT molecular complexity index is 465. The Hall–Kier alpha value is -1.69. The van der Waals surface area contributed by atoms with Crippen molar-refractivity contribution in [2.45, 2.75) is 31.7 Å². The van der Waals surface area contributed by atoms with Crippen molar-refractivity contribution < 1.29 is 4.79 Å². The molecule has 1 unspecified atom stereocenters. The minimum Gasteiger partial charge on any atom is -0.355 e. The summed E-state index contributed by atoms with van der Waals surface area (Å²) in [4.78, 5) is 14.3. The van der Waals surface area contributed by atoms with Crippen LogP contribution in [0.5, 0.6) is 0 Å². The smallest absolute Gasteiger partial charge is 0.272 e. The molecule has 108 valence electrons. The molecule has 0 bridgehead atoms. The first kappa shape index (κ1) is 13.3. The minimum absolute atomic E-state index is 0.0718. The lowest BCUT2D eigenvalue weighted by Gasteiger charge is -2.17. The Morgan fingerprint density at radius 3 is 2.65 bits per heavy atom. The van der Waals surface area contributed by atoms with Gasteiger partial charge in [0.15, 0.2) is 11.5 Å². The second-order valence-electron chi connectivity index (χ2n) is 5.62. The van der Waals surface area contributed by atoms with E-state index in [1.165, 1.54) is 12.8 Å². The van der Waals surface area contributed by atoms with Crippen LogP contribution in [0.15, 0.2) is 12.1 Å². The maximum atomic E-state index is 12.1. The van der Waals surface area contributed by atoms with Gasteiger partial charge in [0, 0.05) is 25.7 Å². The van der Waals surface area contributed by atoms with Crippen LogP contribution in [-0.2, 0) is 0 Å². The molecule has 6 heteroatoms. The number of nitrogens with one attached hydrogen (secondary N) is 1. The van der Waals surface area contributed by atoms with Gasteiger partial charge in [0.1, 0.15) is 0 Å². The van der Waals surface area contributed by atoms with E-state index in [1.54, 1.807) is 6.07 Å². The molecule has 6 nitrogen and oxygen atoms in total. The van der Waals surface area contributed by atoms with Gasteiger partial charge in [-0.05, 0) is 43.7 Å². The lowest BCUT2D eigenvalue weighted by atomic mass is 10.2. The first-order valence-corrected chi connectivity index (χ1v) is 7.37. The summed E-state index contributed by atoms with van der Waals surface area (Å²) < 4.78 is 0. The first-order chi connectivity index (χ1) is 9.78. The number of carbonyl (C=O) groups is 1. The number of nitrogens with zero attached hydrogens (tertiary/aromatic N) is 3. The first-order valence-electron chi connectivity index (χ1n) is 7.37. The molecular weight excluding hydrogens is 254 g/mol. The molecule has 1 aromatic rings. The number of hydrogen-bond acceptors (Lipinski definition) is 5. The van der Waals surface area contributed by atoms with Gasteiger partial charge in [-0.25, -0.2) is 0 Å². The molecule has 20 heavy (non-hydrogen) atoms. The fourth-order valence-corrected chi connectivity index (χ4v) is 2.67. The van der Waals surface area contributed by atoms with Gasteiger partial charge in [0.2, 0.25) is 0 Å². The SMILES string of the molecule is NCC(NC(=O)c1ccc(N2CCCC2)nn1)C1CC1. The van der Waals surface area contributed by atoms with Crippen LogP contribution in [0, 0.1) is 5.92 Å². The van der Waals surface area contributed by atoms with Gasteiger partial charge in [-0.2, -0.15) is 0 Å². The number of hydrogen-bond donors (Lipinski definition) is 2. The Labute approximate surface area is 118 Å². The van der Waals surface area contributed by atoms with E-state index in [2.05, 4.69) is 20.4 Å². The quantitative estimate of drug-likeness (QED) is 0.819. The van der Waals surface area contributed by atoms with E-state index in [0.29, 0.717) is 18.2 Å². The molecule has 2 heterocycles. The summed E-state index contributed by atoms with van der Waals surface area (Å²) in [6, 6.07) is 3.70. The second-order valence-corrected chi connectivity index (χ2v) is 5.62. The van der Waals surface area contributed by atoms with E-state index in [0.717, 1.165) is 31.7 Å². The Balaban J connectivity index is 1.62. The van der Waals surface area contributed by atoms with E-state index >= 15 is 0 Å². The summed E-state index contributed by atoms with van der Waals surface area (Å²) in [6.45, 7) is 2.53. The van der Waals surface area contributed by atoms with Gasteiger partial charge in [-0.15, -0.1) is 10.2 Å². The van der Waals surface area contributed by atoms with Crippen LogP contribution in [0.3, 0.4) is 0 Å². The van der Waals surface area contributed by atoms with Crippen LogP contribution >= 0.6 is 0 Å². The number of rotatable bonds is 5. The van der Waals surface area contributed by atoms with Crippen molar-refractivity contribution in [3.05, 3.63) is 17.8 Å². The van der Waals surface area contributed by atoms with E-state index in [1.807, 2.05) is 6.07 Å². The predicted octanol–water partition coefficient (Wildman–Crippen LogP) is 0.544. The van der Waals surface area contributed by atoms with Gasteiger partial charge < -0.3 is 16.0 Å². The van der Waals surface area contributed by atoms with Crippen molar-refractivity contribution in [3.63, 3.8) is 0 Å². The van der Waals surface area contributed by atoms with Gasteiger partial charge in [-0.1, -0.05) is 0 Å². The molecule has 2 aliphatic rings. The average molecular weight is 275 g/mol. The number of amides is 1. The highest BCUT2D eigenvalue weighted by molar-refractivity contribution is 5.92. The monoisotopic (exact) mass is 275 g/mol. The highest BCUT2D eigenvalue weighted by Crippen LogP contribution is 2.32. The molecule has 0 spiro atoms. The molecule has 0 radical (unpaired) electrons. The zero-order valence-corrected chi connectivity index (χ0v) is 11.6. The Morgan fingerprint density at radius 1 is 1.35 bits per heavy atom. The molecule has 1 saturated heterocycles. The van der Waals surface area contributed by atoms with Crippen LogP contribution in [0.2, 0.25) is 0 Å². The Kier molecular flexibility index (Phi) is 3.82. The zero-order valence-electron chi connectivity index (χ0n) is 11.6. The molecule has 3 N–H and O–H groups in total. The lowest BCUT2D eigenvalue weighted by molar-refractivity contribution is 0.0927. The van der Waals surface area contributed by atoms with Gasteiger partial charge in [0.25, 0.3) is 5.91 Å². The zero-order chi connectivity index (χ0) is 13.9. The van der Waals surface area contributed by atoms with Crippen molar-refractivity contribution in [1.29, 1.82) is 0 Å². The van der Waals surface area contributed by atoms with E-state index in [-0.39, 0.29) is 11.9 Å². The summed E-state index contributed by atoms with van der Waals surface area (Å²) in [6.07, 6.45) is 4.70. The largest absolute Gasteiger partial charge is 0.355 e. The fraction of sp³-hybridized carbons (Fsp3) is 0.643. The molecule has 1 saturated carbocycles. The normalized spacial score (nSPS) is 19.9. The molecule has 1 aromatic heterocycles. The third-order valence-corrected chi connectivity index (χ3v) is 4.07. The highest BCUT2D eigenvalue weighted by Gasteiger charge is 2.31. The number of carbonyl (C=O) groups excluding carboxylic acids is 1. The maximum Gasteiger partial charge on any atom is 0.272 e. The van der Waals surface area contributed by atoms with Crippen LogP contribution in [-0.4, -0.2) is 41.8 Å². The lowest BCUT2D eigenvalue weighted by Crippen LogP contribution is -2.42.